The smallest absolute Gasteiger partial charge is 0.0616 e. The van der Waals surface area contributed by atoms with Crippen LogP contribution in [0.3, 0.4) is 0 Å². The third-order valence-electron chi connectivity index (χ3n) is 4.04. The van der Waals surface area contributed by atoms with Crippen molar-refractivity contribution in [3.63, 3.8) is 0 Å². The zero-order valence-corrected chi connectivity index (χ0v) is 10.1. The number of aryl methyl sites for hydroxylation is 2. The molecule has 16 heavy (non-hydrogen) atoms. The molecule has 4 nitrogen and oxygen atoms in total. The monoisotopic (exact) mass is 223 g/mol. The lowest BCUT2D eigenvalue weighted by Crippen LogP contribution is -2.37. The average Bonchev–Trinajstić information content (AvgIpc) is 2.84. The van der Waals surface area contributed by atoms with Crippen molar-refractivity contribution in [2.45, 2.75) is 32.3 Å². The summed E-state index contributed by atoms with van der Waals surface area (Å²) in [7, 11) is 1.99. The molecule has 1 aromatic rings. The summed E-state index contributed by atoms with van der Waals surface area (Å²) in [5.41, 5.74) is 7.38. The maximum Gasteiger partial charge on any atom is 0.0616 e. The normalized spacial score (nSPS) is 29.8. The van der Waals surface area contributed by atoms with Gasteiger partial charge in [-0.25, -0.2) is 0 Å². The zero-order chi connectivity index (χ0) is 11.6. The van der Waals surface area contributed by atoms with Crippen LogP contribution in [0, 0.1) is 5.41 Å². The first-order chi connectivity index (χ1) is 7.68. The Morgan fingerprint density at radius 2 is 2.50 bits per heavy atom. The molecule has 0 aromatic carbocycles. The minimum absolute atomic E-state index is 0.171. The summed E-state index contributed by atoms with van der Waals surface area (Å²) < 4.78 is 7.59. The van der Waals surface area contributed by atoms with Crippen molar-refractivity contribution in [3.05, 3.63) is 18.0 Å². The summed E-state index contributed by atoms with van der Waals surface area (Å²) in [4.78, 5) is 0. The molecule has 1 aliphatic rings. The maximum atomic E-state index is 5.93. The highest BCUT2D eigenvalue weighted by molar-refractivity contribution is 5.02. The Kier molecular flexibility index (Phi) is 3.30. The Morgan fingerprint density at radius 1 is 1.69 bits per heavy atom. The molecule has 0 saturated carbocycles. The molecule has 4 heteroatoms. The van der Waals surface area contributed by atoms with E-state index in [1.807, 2.05) is 17.9 Å². The minimum atomic E-state index is 0.171. The Hall–Kier alpha value is -0.870. The van der Waals surface area contributed by atoms with Crippen molar-refractivity contribution in [2.24, 2.45) is 18.2 Å². The van der Waals surface area contributed by atoms with Gasteiger partial charge in [0.05, 0.1) is 6.10 Å². The van der Waals surface area contributed by atoms with Crippen LogP contribution in [0.2, 0.25) is 0 Å². The minimum Gasteiger partial charge on any atom is -0.378 e. The fraction of sp³-hybridized carbons (Fsp3) is 0.750. The van der Waals surface area contributed by atoms with Crippen LogP contribution in [0.25, 0.3) is 0 Å². The van der Waals surface area contributed by atoms with Crippen molar-refractivity contribution in [2.75, 3.05) is 13.2 Å². The number of aromatic nitrogens is 2. The summed E-state index contributed by atoms with van der Waals surface area (Å²) in [6.45, 7) is 3.71. The number of hydrogen-bond acceptors (Lipinski definition) is 3. The predicted molar refractivity (Wildman–Crippen MR) is 63.0 cm³/mol. The van der Waals surface area contributed by atoms with Gasteiger partial charge in [-0.3, -0.25) is 4.68 Å². The van der Waals surface area contributed by atoms with Gasteiger partial charge in [0.15, 0.2) is 0 Å². The molecule has 90 valence electrons. The summed E-state index contributed by atoms with van der Waals surface area (Å²) in [6.07, 6.45) is 5.33. The number of nitrogens with zero attached hydrogens (tertiary/aromatic N) is 2. The fourth-order valence-corrected chi connectivity index (χ4v) is 2.54. The van der Waals surface area contributed by atoms with Gasteiger partial charge in [-0.1, -0.05) is 0 Å². The van der Waals surface area contributed by atoms with E-state index in [2.05, 4.69) is 18.1 Å². The lowest BCUT2D eigenvalue weighted by Gasteiger charge is -2.30. The molecule has 1 aliphatic heterocycles. The molecule has 2 unspecified atom stereocenters. The molecule has 1 aromatic heterocycles. The molecule has 0 radical (unpaired) electrons. The van der Waals surface area contributed by atoms with E-state index in [4.69, 9.17) is 10.5 Å². The van der Waals surface area contributed by atoms with E-state index in [-0.39, 0.29) is 11.5 Å². The Bertz CT molecular complexity index is 350. The number of ether oxygens (including phenoxy) is 1. The quantitative estimate of drug-likeness (QED) is 0.832. The molecule has 2 heterocycles. The number of nitrogens with two attached hydrogens (primary N) is 1. The van der Waals surface area contributed by atoms with Crippen molar-refractivity contribution >= 4 is 0 Å². The second-order valence-corrected chi connectivity index (χ2v) is 4.78. The molecule has 1 fully saturated rings. The first-order valence-electron chi connectivity index (χ1n) is 5.96. The maximum absolute atomic E-state index is 5.93. The van der Waals surface area contributed by atoms with Crippen LogP contribution >= 0.6 is 0 Å². The van der Waals surface area contributed by atoms with Gasteiger partial charge < -0.3 is 10.5 Å². The van der Waals surface area contributed by atoms with Crippen molar-refractivity contribution in [3.8, 4) is 0 Å². The van der Waals surface area contributed by atoms with Crippen LogP contribution < -0.4 is 5.73 Å². The van der Waals surface area contributed by atoms with Gasteiger partial charge in [-0.05, 0) is 32.3 Å². The number of rotatable bonds is 4. The van der Waals surface area contributed by atoms with Gasteiger partial charge in [0.25, 0.3) is 0 Å². The predicted octanol–water partition coefficient (Wildman–Crippen LogP) is 1.11. The van der Waals surface area contributed by atoms with Crippen LogP contribution in [0.5, 0.6) is 0 Å². The van der Waals surface area contributed by atoms with Crippen LogP contribution in [0.4, 0.5) is 0 Å². The van der Waals surface area contributed by atoms with E-state index in [9.17, 15) is 0 Å². The lowest BCUT2D eigenvalue weighted by atomic mass is 9.77. The highest BCUT2D eigenvalue weighted by Crippen LogP contribution is 2.38. The highest BCUT2D eigenvalue weighted by Gasteiger charge is 2.39. The summed E-state index contributed by atoms with van der Waals surface area (Å²) in [5, 5.41) is 4.18. The van der Waals surface area contributed by atoms with Crippen molar-refractivity contribution in [1.82, 2.24) is 9.78 Å². The standard InChI is InChI=1S/C12H21N3O/c1-10-12(9-13,6-8-16-10)5-3-11-4-7-14-15(11)2/h4,7,10H,3,5-6,8-9,13H2,1-2H3. The molecule has 1 saturated heterocycles. The molecule has 0 aliphatic carbocycles. The van der Waals surface area contributed by atoms with Crippen molar-refractivity contribution in [1.29, 1.82) is 0 Å². The average molecular weight is 223 g/mol. The van der Waals surface area contributed by atoms with E-state index in [0.717, 1.165) is 25.9 Å². The van der Waals surface area contributed by atoms with Gasteiger partial charge in [0.1, 0.15) is 0 Å². The number of hydrogen-bond donors (Lipinski definition) is 1. The van der Waals surface area contributed by atoms with E-state index >= 15 is 0 Å². The second kappa shape index (κ2) is 4.55. The lowest BCUT2D eigenvalue weighted by molar-refractivity contribution is 0.0629. The van der Waals surface area contributed by atoms with Crippen LogP contribution in [0.1, 0.15) is 25.5 Å². The molecular weight excluding hydrogens is 202 g/mol. The molecular formula is C12H21N3O. The summed E-state index contributed by atoms with van der Waals surface area (Å²) in [6, 6.07) is 2.07. The molecule has 2 rings (SSSR count). The Labute approximate surface area is 96.8 Å². The summed E-state index contributed by atoms with van der Waals surface area (Å²) in [5.74, 6) is 0. The molecule has 2 atom stereocenters. The Morgan fingerprint density at radius 3 is 3.00 bits per heavy atom. The van der Waals surface area contributed by atoms with Gasteiger partial charge in [0, 0.05) is 37.5 Å². The molecule has 0 spiro atoms. The van der Waals surface area contributed by atoms with Crippen LogP contribution in [0.15, 0.2) is 12.3 Å². The van der Waals surface area contributed by atoms with E-state index in [1.54, 1.807) is 0 Å². The molecule has 0 amide bonds. The van der Waals surface area contributed by atoms with Gasteiger partial charge >= 0.3 is 0 Å². The Balaban J connectivity index is 2.00. The first kappa shape index (κ1) is 11.6. The van der Waals surface area contributed by atoms with Gasteiger partial charge in [0.2, 0.25) is 0 Å². The third kappa shape index (κ3) is 1.99. The largest absolute Gasteiger partial charge is 0.378 e. The third-order valence-corrected chi connectivity index (χ3v) is 4.04. The van der Waals surface area contributed by atoms with Crippen LogP contribution in [-0.2, 0) is 18.2 Å². The molecule has 2 N–H and O–H groups in total. The van der Waals surface area contributed by atoms with Crippen LogP contribution in [-0.4, -0.2) is 29.0 Å². The molecule has 0 bridgehead atoms. The van der Waals surface area contributed by atoms with Gasteiger partial charge in [-0.15, -0.1) is 0 Å². The van der Waals surface area contributed by atoms with Gasteiger partial charge in [-0.2, -0.15) is 5.10 Å². The zero-order valence-electron chi connectivity index (χ0n) is 10.1. The second-order valence-electron chi connectivity index (χ2n) is 4.78. The van der Waals surface area contributed by atoms with E-state index < -0.39 is 0 Å². The van der Waals surface area contributed by atoms with E-state index in [1.165, 1.54) is 5.69 Å². The topological polar surface area (TPSA) is 53.1 Å². The fourth-order valence-electron chi connectivity index (χ4n) is 2.54. The summed E-state index contributed by atoms with van der Waals surface area (Å²) >= 11 is 0. The first-order valence-corrected chi connectivity index (χ1v) is 5.96. The SMILES string of the molecule is CC1OCCC1(CN)CCc1ccnn1C. The van der Waals surface area contributed by atoms with Crippen molar-refractivity contribution < 1.29 is 4.74 Å². The van der Waals surface area contributed by atoms with E-state index in [0.29, 0.717) is 6.54 Å². The highest BCUT2D eigenvalue weighted by atomic mass is 16.5.